The number of halogens is 2. The lowest BCUT2D eigenvalue weighted by atomic mass is 9.93. The molecule has 1 aromatic rings. The van der Waals surface area contributed by atoms with Crippen molar-refractivity contribution in [1.82, 2.24) is 10.2 Å². The number of urea groups is 1. The highest BCUT2D eigenvalue weighted by Crippen LogP contribution is 2.30. The number of benzene rings is 1. The van der Waals surface area contributed by atoms with Crippen LogP contribution in [0.25, 0.3) is 0 Å². The normalized spacial score (nSPS) is 15.6. The summed E-state index contributed by atoms with van der Waals surface area (Å²) in [5, 5.41) is 2.62. The number of hydrogen-bond acceptors (Lipinski definition) is 6. The lowest BCUT2D eigenvalue weighted by molar-refractivity contribution is -0.148. The summed E-state index contributed by atoms with van der Waals surface area (Å²) in [5.41, 5.74) is -0.536. The number of esters is 1. The molecule has 10 heteroatoms. The summed E-state index contributed by atoms with van der Waals surface area (Å²) >= 11 is 0. The van der Waals surface area contributed by atoms with Crippen LogP contribution in [0.5, 0.6) is 11.5 Å². The van der Waals surface area contributed by atoms with E-state index in [2.05, 4.69) is 10.1 Å². The third-order valence-corrected chi connectivity index (χ3v) is 4.58. The Morgan fingerprint density at radius 1 is 1.21 bits per heavy atom. The van der Waals surface area contributed by atoms with Crippen LogP contribution in [0.2, 0.25) is 0 Å². The highest BCUT2D eigenvalue weighted by Gasteiger charge is 2.49. The summed E-state index contributed by atoms with van der Waals surface area (Å²) in [6.45, 7) is -0.159. The molecule has 154 valence electrons. The molecule has 2 rings (SSSR count). The Labute approximate surface area is 160 Å². The van der Waals surface area contributed by atoms with Gasteiger partial charge in [0.2, 0.25) is 0 Å². The van der Waals surface area contributed by atoms with Gasteiger partial charge in [-0.2, -0.15) is 8.78 Å². The van der Waals surface area contributed by atoms with Gasteiger partial charge < -0.3 is 19.5 Å². The topological polar surface area (TPSA) is 94.2 Å². The summed E-state index contributed by atoms with van der Waals surface area (Å²) in [6, 6.07) is 3.45. The molecule has 1 saturated heterocycles. The number of ether oxygens (including phenoxy) is 3. The van der Waals surface area contributed by atoms with Gasteiger partial charge in [0, 0.05) is 0 Å². The molecule has 1 aliphatic heterocycles. The van der Waals surface area contributed by atoms with Crippen molar-refractivity contribution < 1.29 is 37.4 Å². The highest BCUT2D eigenvalue weighted by molar-refractivity contribution is 6.08. The molecule has 0 spiro atoms. The fourth-order valence-corrected chi connectivity index (χ4v) is 2.88. The van der Waals surface area contributed by atoms with Crippen molar-refractivity contribution in [3.8, 4) is 11.5 Å². The molecule has 0 aromatic heterocycles. The fraction of sp³-hybridized carbons (Fsp3) is 0.500. The zero-order valence-corrected chi connectivity index (χ0v) is 15.8. The molecule has 1 fully saturated rings. The van der Waals surface area contributed by atoms with Crippen LogP contribution < -0.4 is 14.8 Å². The van der Waals surface area contributed by atoms with Gasteiger partial charge in [0.1, 0.15) is 18.7 Å². The van der Waals surface area contributed by atoms with E-state index in [1.807, 2.05) is 0 Å². The number of carbonyl (C=O) groups excluding carboxylic acids is 3. The van der Waals surface area contributed by atoms with Gasteiger partial charge in [0.05, 0.1) is 7.11 Å². The number of carbonyl (C=O) groups is 3. The second-order valence-corrected chi connectivity index (χ2v) is 6.14. The van der Waals surface area contributed by atoms with Crippen LogP contribution >= 0.6 is 0 Å². The van der Waals surface area contributed by atoms with Crippen molar-refractivity contribution in [2.45, 2.75) is 45.4 Å². The molecular formula is C18H22F2N2O6. The molecule has 3 amide bonds. The second-order valence-electron chi connectivity index (χ2n) is 6.14. The Hall–Kier alpha value is -2.91. The van der Waals surface area contributed by atoms with Gasteiger partial charge in [-0.1, -0.05) is 19.9 Å². The van der Waals surface area contributed by atoms with E-state index in [0.717, 1.165) is 4.90 Å². The van der Waals surface area contributed by atoms with Gasteiger partial charge in [0.25, 0.3) is 5.91 Å². The molecule has 0 aliphatic carbocycles. The summed E-state index contributed by atoms with van der Waals surface area (Å²) < 4.78 is 39.1. The van der Waals surface area contributed by atoms with E-state index in [0.29, 0.717) is 18.4 Å². The van der Waals surface area contributed by atoms with Gasteiger partial charge >= 0.3 is 18.6 Å². The molecule has 8 nitrogen and oxygen atoms in total. The Kier molecular flexibility index (Phi) is 6.76. The second kappa shape index (κ2) is 8.85. The molecule has 28 heavy (non-hydrogen) atoms. The first-order valence-electron chi connectivity index (χ1n) is 8.67. The number of imide groups is 1. The van der Waals surface area contributed by atoms with E-state index in [4.69, 9.17) is 9.47 Å². The Balaban J connectivity index is 1.97. The zero-order valence-electron chi connectivity index (χ0n) is 15.8. The maximum Gasteiger partial charge on any atom is 0.387 e. The largest absolute Gasteiger partial charge is 0.493 e. The van der Waals surface area contributed by atoms with Gasteiger partial charge in [-0.3, -0.25) is 14.5 Å². The summed E-state index contributed by atoms with van der Waals surface area (Å²) in [7, 11) is 1.29. The molecule has 1 aromatic carbocycles. The first kappa shape index (κ1) is 21.4. The number of methoxy groups -OCH3 is 1. The third kappa shape index (κ3) is 4.49. The lowest BCUT2D eigenvalue weighted by Crippen LogP contribution is -2.46. The number of amides is 3. The van der Waals surface area contributed by atoms with E-state index >= 15 is 0 Å². The fourth-order valence-electron chi connectivity index (χ4n) is 2.88. The maximum atomic E-state index is 12.5. The predicted octanol–water partition coefficient (Wildman–Crippen LogP) is 2.45. The van der Waals surface area contributed by atoms with Gasteiger partial charge in [-0.15, -0.1) is 0 Å². The van der Waals surface area contributed by atoms with E-state index in [9.17, 15) is 23.2 Å². The maximum absolute atomic E-state index is 12.5. The smallest absolute Gasteiger partial charge is 0.387 e. The molecule has 0 atom stereocenters. The molecule has 1 N–H and O–H groups in total. The number of hydrogen-bond donors (Lipinski definition) is 1. The molecule has 0 radical (unpaired) electrons. The SMILES string of the molecule is CCC1(CC)NC(=O)N(CC(=O)OCc2ccc(OC(F)F)c(OC)c2)C1=O. The number of nitrogens with one attached hydrogen (secondary N) is 1. The van der Waals surface area contributed by atoms with Gasteiger partial charge in [-0.25, -0.2) is 4.79 Å². The van der Waals surface area contributed by atoms with Crippen molar-refractivity contribution >= 4 is 17.9 Å². The first-order valence-corrected chi connectivity index (χ1v) is 8.67. The number of nitrogens with zero attached hydrogens (tertiary/aromatic N) is 1. The van der Waals surface area contributed by atoms with Crippen LogP contribution in [0, 0.1) is 0 Å². The van der Waals surface area contributed by atoms with E-state index < -0.39 is 36.6 Å². The van der Waals surface area contributed by atoms with Crippen LogP contribution in [-0.4, -0.2) is 48.6 Å². The zero-order chi connectivity index (χ0) is 20.9. The van der Waals surface area contributed by atoms with Crippen LogP contribution in [0.3, 0.4) is 0 Å². The van der Waals surface area contributed by atoms with E-state index in [1.165, 1.54) is 25.3 Å². The Morgan fingerprint density at radius 2 is 1.89 bits per heavy atom. The predicted molar refractivity (Wildman–Crippen MR) is 93.0 cm³/mol. The minimum Gasteiger partial charge on any atom is -0.493 e. The van der Waals surface area contributed by atoms with Crippen molar-refractivity contribution in [2.75, 3.05) is 13.7 Å². The molecule has 0 saturated carbocycles. The third-order valence-electron chi connectivity index (χ3n) is 4.58. The average molecular weight is 400 g/mol. The molecule has 0 bridgehead atoms. The van der Waals surface area contributed by atoms with Gasteiger partial charge in [-0.05, 0) is 30.5 Å². The summed E-state index contributed by atoms with van der Waals surface area (Å²) in [6.07, 6.45) is 0.818. The van der Waals surface area contributed by atoms with Crippen LogP contribution in [0.15, 0.2) is 18.2 Å². The van der Waals surface area contributed by atoms with Crippen molar-refractivity contribution in [3.63, 3.8) is 0 Å². The summed E-state index contributed by atoms with van der Waals surface area (Å²) in [4.78, 5) is 37.4. The molecule has 0 unspecified atom stereocenters. The van der Waals surface area contributed by atoms with Crippen LogP contribution in [-0.2, 0) is 20.9 Å². The van der Waals surface area contributed by atoms with Crippen LogP contribution in [0.1, 0.15) is 32.3 Å². The highest BCUT2D eigenvalue weighted by atomic mass is 19.3. The Bertz CT molecular complexity index is 752. The molecule has 1 heterocycles. The van der Waals surface area contributed by atoms with Crippen LogP contribution in [0.4, 0.5) is 13.6 Å². The van der Waals surface area contributed by atoms with Crippen molar-refractivity contribution in [1.29, 1.82) is 0 Å². The standard InChI is InChI=1S/C18H22F2N2O6/c1-4-18(5-2)15(24)22(17(25)21-18)9-14(23)27-10-11-6-7-12(28-16(19)20)13(8-11)26-3/h6-8,16H,4-5,9-10H2,1-3H3,(H,21,25). The average Bonchev–Trinajstić information content (AvgIpc) is 2.91. The number of rotatable bonds is 9. The van der Waals surface area contributed by atoms with Crippen molar-refractivity contribution in [3.05, 3.63) is 23.8 Å². The molecular weight excluding hydrogens is 378 g/mol. The Morgan fingerprint density at radius 3 is 2.43 bits per heavy atom. The summed E-state index contributed by atoms with van der Waals surface area (Å²) in [5.74, 6) is -1.34. The first-order chi connectivity index (χ1) is 13.3. The van der Waals surface area contributed by atoms with E-state index in [-0.39, 0.29) is 18.1 Å². The van der Waals surface area contributed by atoms with E-state index in [1.54, 1.807) is 13.8 Å². The monoisotopic (exact) mass is 400 g/mol. The van der Waals surface area contributed by atoms with Crippen molar-refractivity contribution in [2.24, 2.45) is 0 Å². The quantitative estimate of drug-likeness (QED) is 0.506. The lowest BCUT2D eigenvalue weighted by Gasteiger charge is -2.22. The minimum atomic E-state index is -3.00. The number of alkyl halides is 2. The molecule has 1 aliphatic rings. The van der Waals surface area contributed by atoms with Gasteiger partial charge in [0.15, 0.2) is 11.5 Å². The minimum absolute atomic E-state index is 0.0543.